The molecule has 0 spiro atoms. The summed E-state index contributed by atoms with van der Waals surface area (Å²) in [5.41, 5.74) is 0.279. The molecule has 0 heterocycles. The second kappa shape index (κ2) is 4.97. The van der Waals surface area contributed by atoms with E-state index in [0.717, 1.165) is 6.42 Å². The molecule has 3 nitrogen and oxygen atoms in total. The van der Waals surface area contributed by atoms with Crippen LogP contribution in [0.2, 0.25) is 0 Å². The van der Waals surface area contributed by atoms with Crippen molar-refractivity contribution >= 4 is 11.5 Å². The number of carbonyl (C=O) groups is 1. The molecule has 0 aromatic rings. The summed E-state index contributed by atoms with van der Waals surface area (Å²) in [5.74, 6) is -0.0486. The molecule has 1 N–H and O–H groups in total. The Morgan fingerprint density at radius 3 is 2.40 bits per heavy atom. The van der Waals surface area contributed by atoms with Crippen LogP contribution >= 0.6 is 0 Å². The van der Waals surface area contributed by atoms with Gasteiger partial charge in [0, 0.05) is 6.42 Å². The smallest absolute Gasteiger partial charge is 0.180 e. The van der Waals surface area contributed by atoms with Gasteiger partial charge in [0.05, 0.1) is 0 Å². The molecule has 3 heteroatoms. The number of hydrogen-bond donors (Lipinski definition) is 1. The van der Waals surface area contributed by atoms with E-state index in [1.807, 2.05) is 6.92 Å². The van der Waals surface area contributed by atoms with Gasteiger partial charge in [-0.1, -0.05) is 19.0 Å². The fourth-order valence-electron chi connectivity index (χ4n) is 0.695. The molecule has 0 fully saturated rings. The lowest BCUT2D eigenvalue weighted by Gasteiger charge is -1.96. The Kier molecular flexibility index (Phi) is 4.54. The number of rotatable bonds is 4. The van der Waals surface area contributed by atoms with Gasteiger partial charge in [-0.2, -0.15) is 0 Å². The summed E-state index contributed by atoms with van der Waals surface area (Å²) in [6.07, 6.45) is 1.79. The first kappa shape index (κ1) is 9.14. The Hall–Kier alpha value is -0.860. The molecule has 0 unspecified atom stereocenters. The van der Waals surface area contributed by atoms with Crippen molar-refractivity contribution in [2.24, 2.45) is 5.16 Å². The summed E-state index contributed by atoms with van der Waals surface area (Å²) in [6.45, 7) is 3.71. The van der Waals surface area contributed by atoms with Crippen molar-refractivity contribution in [3.8, 4) is 0 Å². The summed E-state index contributed by atoms with van der Waals surface area (Å²) in [6, 6.07) is 0. The Morgan fingerprint density at radius 2 is 2.10 bits per heavy atom. The van der Waals surface area contributed by atoms with Crippen LogP contribution in [0.1, 0.15) is 33.1 Å². The van der Waals surface area contributed by atoms with E-state index in [9.17, 15) is 4.79 Å². The fourth-order valence-corrected chi connectivity index (χ4v) is 0.695. The van der Waals surface area contributed by atoms with Crippen LogP contribution in [0, 0.1) is 0 Å². The van der Waals surface area contributed by atoms with Gasteiger partial charge in [0.2, 0.25) is 0 Å². The van der Waals surface area contributed by atoms with E-state index in [1.165, 1.54) is 0 Å². The molecular weight excluding hydrogens is 130 g/mol. The summed E-state index contributed by atoms with van der Waals surface area (Å²) in [4.78, 5) is 10.9. The lowest BCUT2D eigenvalue weighted by atomic mass is 10.1. The summed E-state index contributed by atoms with van der Waals surface area (Å²) in [7, 11) is 0. The zero-order valence-corrected chi connectivity index (χ0v) is 6.42. The van der Waals surface area contributed by atoms with Crippen molar-refractivity contribution in [2.75, 3.05) is 0 Å². The standard InChI is InChI=1S/C7H13NO2/c1-3-5-7(9)6(4-2)8-10/h10H,3-5H2,1-2H3. The van der Waals surface area contributed by atoms with Crippen molar-refractivity contribution in [1.82, 2.24) is 0 Å². The molecule has 0 radical (unpaired) electrons. The number of nitrogens with zero attached hydrogens (tertiary/aromatic N) is 1. The minimum absolute atomic E-state index is 0.0486. The summed E-state index contributed by atoms with van der Waals surface area (Å²) >= 11 is 0. The first-order valence-corrected chi connectivity index (χ1v) is 3.50. The highest BCUT2D eigenvalue weighted by Crippen LogP contribution is 1.95. The van der Waals surface area contributed by atoms with E-state index in [1.54, 1.807) is 6.92 Å². The maximum Gasteiger partial charge on any atom is 0.180 e. The maximum absolute atomic E-state index is 10.9. The lowest BCUT2D eigenvalue weighted by Crippen LogP contribution is -2.11. The predicted molar refractivity (Wildman–Crippen MR) is 39.4 cm³/mol. The molecule has 10 heavy (non-hydrogen) atoms. The van der Waals surface area contributed by atoms with Crippen molar-refractivity contribution in [1.29, 1.82) is 0 Å². The van der Waals surface area contributed by atoms with Crippen molar-refractivity contribution in [3.05, 3.63) is 0 Å². The van der Waals surface area contributed by atoms with Crippen LogP contribution in [0.5, 0.6) is 0 Å². The van der Waals surface area contributed by atoms with Crippen LogP contribution in [0.25, 0.3) is 0 Å². The largest absolute Gasteiger partial charge is 0.411 e. The maximum atomic E-state index is 10.9. The van der Waals surface area contributed by atoms with E-state index < -0.39 is 0 Å². The molecular formula is C7H13NO2. The van der Waals surface area contributed by atoms with Gasteiger partial charge in [0.1, 0.15) is 5.71 Å². The van der Waals surface area contributed by atoms with Gasteiger partial charge >= 0.3 is 0 Å². The Balaban J connectivity index is 3.91. The molecule has 0 amide bonds. The van der Waals surface area contributed by atoms with Crippen LogP contribution in [0.15, 0.2) is 5.16 Å². The number of ketones is 1. The van der Waals surface area contributed by atoms with Gasteiger partial charge in [0.15, 0.2) is 5.78 Å². The van der Waals surface area contributed by atoms with E-state index in [2.05, 4.69) is 5.16 Å². The topological polar surface area (TPSA) is 49.7 Å². The molecule has 0 aromatic heterocycles. The molecule has 58 valence electrons. The fraction of sp³-hybridized carbons (Fsp3) is 0.714. The quantitative estimate of drug-likeness (QED) is 0.369. The first-order valence-electron chi connectivity index (χ1n) is 3.50. The van der Waals surface area contributed by atoms with Gasteiger partial charge in [-0.15, -0.1) is 0 Å². The van der Waals surface area contributed by atoms with E-state index in [0.29, 0.717) is 12.8 Å². The molecule has 0 aliphatic rings. The second-order valence-corrected chi connectivity index (χ2v) is 2.07. The minimum Gasteiger partial charge on any atom is -0.411 e. The highest BCUT2D eigenvalue weighted by molar-refractivity contribution is 6.39. The Labute approximate surface area is 60.7 Å². The average Bonchev–Trinajstić information content (AvgIpc) is 1.91. The summed E-state index contributed by atoms with van der Waals surface area (Å²) < 4.78 is 0. The van der Waals surface area contributed by atoms with E-state index in [4.69, 9.17) is 5.21 Å². The van der Waals surface area contributed by atoms with Crippen molar-refractivity contribution < 1.29 is 10.0 Å². The number of carbonyl (C=O) groups excluding carboxylic acids is 1. The van der Waals surface area contributed by atoms with Crippen LogP contribution in [0.4, 0.5) is 0 Å². The number of oxime groups is 1. The van der Waals surface area contributed by atoms with Crippen LogP contribution in [-0.4, -0.2) is 16.7 Å². The molecule has 0 aromatic carbocycles. The average molecular weight is 143 g/mol. The third kappa shape index (κ3) is 2.62. The lowest BCUT2D eigenvalue weighted by molar-refractivity contribution is -0.113. The van der Waals surface area contributed by atoms with E-state index >= 15 is 0 Å². The molecule has 0 bridgehead atoms. The van der Waals surface area contributed by atoms with Crippen LogP contribution in [-0.2, 0) is 4.79 Å². The number of hydrogen-bond acceptors (Lipinski definition) is 3. The first-order chi connectivity index (χ1) is 4.76. The van der Waals surface area contributed by atoms with Gasteiger partial charge < -0.3 is 5.21 Å². The third-order valence-corrected chi connectivity index (χ3v) is 1.25. The van der Waals surface area contributed by atoms with Crippen LogP contribution < -0.4 is 0 Å². The monoisotopic (exact) mass is 143 g/mol. The predicted octanol–water partition coefficient (Wildman–Crippen LogP) is 1.60. The van der Waals surface area contributed by atoms with Gasteiger partial charge in [-0.25, -0.2) is 0 Å². The molecule has 0 aliphatic heterocycles. The van der Waals surface area contributed by atoms with E-state index in [-0.39, 0.29) is 11.5 Å². The number of Topliss-reactive ketones (excluding diaryl/α,β-unsaturated/α-hetero) is 1. The zero-order valence-electron chi connectivity index (χ0n) is 6.42. The normalized spacial score (nSPS) is 11.6. The SMILES string of the molecule is CCCC(=O)C(CC)=NO. The Morgan fingerprint density at radius 1 is 1.50 bits per heavy atom. The molecule has 0 aliphatic carbocycles. The van der Waals surface area contributed by atoms with Crippen molar-refractivity contribution in [3.63, 3.8) is 0 Å². The summed E-state index contributed by atoms with van der Waals surface area (Å²) in [5, 5.41) is 11.2. The highest BCUT2D eigenvalue weighted by Gasteiger charge is 2.07. The van der Waals surface area contributed by atoms with Crippen molar-refractivity contribution in [2.45, 2.75) is 33.1 Å². The molecule has 0 saturated carbocycles. The second-order valence-electron chi connectivity index (χ2n) is 2.07. The highest BCUT2D eigenvalue weighted by atomic mass is 16.4. The van der Waals surface area contributed by atoms with Gasteiger partial charge in [0.25, 0.3) is 0 Å². The Bertz CT molecular complexity index is 141. The minimum atomic E-state index is -0.0486. The zero-order chi connectivity index (χ0) is 7.98. The van der Waals surface area contributed by atoms with Gasteiger partial charge in [-0.3, -0.25) is 4.79 Å². The van der Waals surface area contributed by atoms with Crippen LogP contribution in [0.3, 0.4) is 0 Å². The molecule has 0 atom stereocenters. The molecule has 0 rings (SSSR count). The third-order valence-electron chi connectivity index (χ3n) is 1.25. The molecule has 0 saturated heterocycles. The van der Waals surface area contributed by atoms with Gasteiger partial charge in [-0.05, 0) is 12.8 Å².